The van der Waals surface area contributed by atoms with E-state index in [1.807, 2.05) is 6.92 Å². The van der Waals surface area contributed by atoms with E-state index in [1.165, 1.54) is 0 Å². The van der Waals surface area contributed by atoms with Crippen molar-refractivity contribution in [2.24, 2.45) is 0 Å². The molecule has 1 atom stereocenters. The molecular formula is C6H9N2O2. The van der Waals surface area contributed by atoms with E-state index < -0.39 is 0 Å². The third-order valence-corrected chi connectivity index (χ3v) is 1.39. The molecule has 2 amide bonds. The van der Waals surface area contributed by atoms with E-state index in [-0.39, 0.29) is 17.9 Å². The number of hydrogen-bond acceptors (Lipinski definition) is 2. The standard InChI is InChI=1S/C6H9N2O2/c1-2-4-6(10)7-3-5(9)8-4/h3-4H,2H2,1H3,(H,7,10)(H,8,9). The van der Waals surface area contributed by atoms with E-state index in [0.29, 0.717) is 6.42 Å². The minimum atomic E-state index is -0.350. The highest BCUT2D eigenvalue weighted by atomic mass is 16.2. The summed E-state index contributed by atoms with van der Waals surface area (Å²) in [7, 11) is 0. The normalized spacial score (nSPS) is 25.5. The molecule has 4 heteroatoms. The van der Waals surface area contributed by atoms with Crippen LogP contribution in [0.25, 0.3) is 0 Å². The van der Waals surface area contributed by atoms with Gasteiger partial charge in [0.15, 0.2) is 0 Å². The average molecular weight is 141 g/mol. The maximum atomic E-state index is 10.8. The van der Waals surface area contributed by atoms with Crippen molar-refractivity contribution in [2.45, 2.75) is 19.4 Å². The number of piperazine rings is 1. The summed E-state index contributed by atoms with van der Waals surface area (Å²) in [6.45, 7) is 2.98. The lowest BCUT2D eigenvalue weighted by Gasteiger charge is -2.20. The van der Waals surface area contributed by atoms with Crippen molar-refractivity contribution >= 4 is 11.8 Å². The molecule has 0 spiro atoms. The molecule has 1 aliphatic heterocycles. The summed E-state index contributed by atoms with van der Waals surface area (Å²) < 4.78 is 0. The first-order valence-corrected chi connectivity index (χ1v) is 3.18. The third kappa shape index (κ3) is 1.26. The summed E-state index contributed by atoms with van der Waals surface area (Å²) in [6, 6.07) is -0.350. The van der Waals surface area contributed by atoms with Gasteiger partial charge in [-0.1, -0.05) is 6.92 Å². The fourth-order valence-corrected chi connectivity index (χ4v) is 0.804. The van der Waals surface area contributed by atoms with Crippen LogP contribution < -0.4 is 10.6 Å². The topological polar surface area (TPSA) is 58.2 Å². The van der Waals surface area contributed by atoms with Crippen LogP contribution in [0.4, 0.5) is 0 Å². The Labute approximate surface area is 59.0 Å². The smallest absolute Gasteiger partial charge is 0.245 e. The Balaban J connectivity index is 2.53. The minimum absolute atomic E-state index is 0.137. The van der Waals surface area contributed by atoms with Gasteiger partial charge in [0.25, 0.3) is 0 Å². The number of carbonyl (C=O) groups excluding carboxylic acids is 2. The Kier molecular flexibility index (Phi) is 1.89. The van der Waals surface area contributed by atoms with Crippen molar-refractivity contribution in [3.05, 3.63) is 6.54 Å². The fourth-order valence-electron chi connectivity index (χ4n) is 0.804. The molecular weight excluding hydrogens is 132 g/mol. The zero-order valence-corrected chi connectivity index (χ0v) is 5.68. The summed E-state index contributed by atoms with van der Waals surface area (Å²) >= 11 is 0. The number of rotatable bonds is 1. The molecule has 0 aromatic heterocycles. The molecule has 1 radical (unpaired) electrons. The molecule has 0 aromatic carbocycles. The Morgan fingerprint density at radius 2 is 2.30 bits per heavy atom. The first-order valence-electron chi connectivity index (χ1n) is 3.18. The van der Waals surface area contributed by atoms with E-state index in [4.69, 9.17) is 0 Å². The minimum Gasteiger partial charge on any atom is -0.342 e. The Bertz CT molecular complexity index is 167. The SMILES string of the molecule is CCC1NC(=O)[CH]NC1=O. The lowest BCUT2D eigenvalue weighted by Crippen LogP contribution is -2.53. The van der Waals surface area contributed by atoms with Crippen molar-refractivity contribution in [3.8, 4) is 0 Å². The highest BCUT2D eigenvalue weighted by Gasteiger charge is 2.23. The van der Waals surface area contributed by atoms with Gasteiger partial charge in [-0.05, 0) is 6.42 Å². The highest BCUT2D eigenvalue weighted by molar-refractivity contribution is 5.98. The third-order valence-electron chi connectivity index (χ3n) is 1.39. The van der Waals surface area contributed by atoms with Gasteiger partial charge < -0.3 is 10.6 Å². The molecule has 0 aromatic rings. The second kappa shape index (κ2) is 2.68. The van der Waals surface area contributed by atoms with Gasteiger partial charge in [-0.25, -0.2) is 0 Å². The van der Waals surface area contributed by atoms with Gasteiger partial charge >= 0.3 is 0 Å². The van der Waals surface area contributed by atoms with Crippen LogP contribution in [-0.4, -0.2) is 17.9 Å². The van der Waals surface area contributed by atoms with Crippen LogP contribution >= 0.6 is 0 Å². The monoisotopic (exact) mass is 141 g/mol. The highest BCUT2D eigenvalue weighted by Crippen LogP contribution is 1.96. The van der Waals surface area contributed by atoms with Crippen LogP contribution in [0.5, 0.6) is 0 Å². The van der Waals surface area contributed by atoms with Crippen molar-refractivity contribution in [3.63, 3.8) is 0 Å². The maximum absolute atomic E-state index is 10.8. The van der Waals surface area contributed by atoms with Gasteiger partial charge in [-0.3, -0.25) is 9.59 Å². The first kappa shape index (κ1) is 7.05. The van der Waals surface area contributed by atoms with Gasteiger partial charge in [-0.15, -0.1) is 0 Å². The molecule has 0 aliphatic carbocycles. The van der Waals surface area contributed by atoms with E-state index >= 15 is 0 Å². The second-order valence-corrected chi connectivity index (χ2v) is 2.12. The largest absolute Gasteiger partial charge is 0.342 e. The molecule has 1 heterocycles. The van der Waals surface area contributed by atoms with Crippen molar-refractivity contribution in [1.82, 2.24) is 10.6 Å². The summed E-state index contributed by atoms with van der Waals surface area (Å²) in [5, 5.41) is 4.87. The molecule has 0 saturated carbocycles. The molecule has 4 nitrogen and oxygen atoms in total. The van der Waals surface area contributed by atoms with Crippen LogP contribution in [-0.2, 0) is 9.59 Å². The number of carbonyl (C=O) groups is 2. The summed E-state index contributed by atoms with van der Waals surface area (Å²) in [5.41, 5.74) is 0. The lowest BCUT2D eigenvalue weighted by molar-refractivity contribution is -0.131. The van der Waals surface area contributed by atoms with E-state index in [9.17, 15) is 9.59 Å². The molecule has 1 fully saturated rings. The van der Waals surface area contributed by atoms with Gasteiger partial charge in [0.05, 0.1) is 0 Å². The van der Waals surface area contributed by atoms with Crippen LogP contribution in [0, 0.1) is 6.54 Å². The molecule has 0 bridgehead atoms. The zero-order chi connectivity index (χ0) is 7.56. The lowest BCUT2D eigenvalue weighted by atomic mass is 10.2. The molecule has 1 unspecified atom stereocenters. The number of nitrogens with one attached hydrogen (secondary N) is 2. The van der Waals surface area contributed by atoms with Gasteiger partial charge in [0.1, 0.15) is 12.6 Å². The molecule has 2 N–H and O–H groups in total. The van der Waals surface area contributed by atoms with E-state index in [0.717, 1.165) is 6.54 Å². The van der Waals surface area contributed by atoms with Crippen molar-refractivity contribution in [1.29, 1.82) is 0 Å². The average Bonchev–Trinajstić information content (AvgIpc) is 1.94. The molecule has 1 aliphatic rings. The van der Waals surface area contributed by atoms with Gasteiger partial charge in [0.2, 0.25) is 11.8 Å². The number of hydrogen-bond donors (Lipinski definition) is 2. The van der Waals surface area contributed by atoms with E-state index in [1.54, 1.807) is 0 Å². The maximum Gasteiger partial charge on any atom is 0.245 e. The van der Waals surface area contributed by atoms with Crippen LogP contribution in [0.15, 0.2) is 0 Å². The van der Waals surface area contributed by atoms with Crippen LogP contribution in [0.3, 0.4) is 0 Å². The second-order valence-electron chi connectivity index (χ2n) is 2.12. The quantitative estimate of drug-likeness (QED) is 0.501. The summed E-state index contributed by atoms with van der Waals surface area (Å²) in [4.78, 5) is 21.4. The predicted octanol–water partition coefficient (Wildman–Crippen LogP) is -0.827. The van der Waals surface area contributed by atoms with Gasteiger partial charge in [-0.2, -0.15) is 0 Å². The van der Waals surface area contributed by atoms with Crippen LogP contribution in [0.2, 0.25) is 0 Å². The zero-order valence-electron chi connectivity index (χ0n) is 5.68. The summed E-state index contributed by atoms with van der Waals surface area (Å²) in [5.74, 6) is -0.367. The molecule has 55 valence electrons. The predicted molar refractivity (Wildman–Crippen MR) is 34.7 cm³/mol. The van der Waals surface area contributed by atoms with Crippen molar-refractivity contribution in [2.75, 3.05) is 0 Å². The Morgan fingerprint density at radius 1 is 1.60 bits per heavy atom. The molecule has 1 rings (SSSR count). The molecule has 1 saturated heterocycles. The van der Waals surface area contributed by atoms with Crippen LogP contribution in [0.1, 0.15) is 13.3 Å². The first-order chi connectivity index (χ1) is 4.74. The van der Waals surface area contributed by atoms with E-state index in [2.05, 4.69) is 10.6 Å². The molecule has 10 heavy (non-hydrogen) atoms. The van der Waals surface area contributed by atoms with Crippen molar-refractivity contribution < 1.29 is 9.59 Å². The fraction of sp³-hybridized carbons (Fsp3) is 0.500. The Hall–Kier alpha value is -1.06. The number of amides is 2. The summed E-state index contributed by atoms with van der Waals surface area (Å²) in [6.07, 6.45) is 0.630. The van der Waals surface area contributed by atoms with Gasteiger partial charge in [0, 0.05) is 0 Å². The Morgan fingerprint density at radius 3 is 2.80 bits per heavy atom.